The Labute approximate surface area is 126 Å². The van der Waals surface area contributed by atoms with Gasteiger partial charge >= 0.3 is 5.97 Å². The van der Waals surface area contributed by atoms with Gasteiger partial charge < -0.3 is 15.2 Å². The topological polar surface area (TPSA) is 84.3 Å². The van der Waals surface area contributed by atoms with Crippen molar-refractivity contribution in [2.45, 2.75) is 12.1 Å². The zero-order valence-corrected chi connectivity index (χ0v) is 12.5. The number of phenols is 1. The van der Waals surface area contributed by atoms with Gasteiger partial charge in [-0.1, -0.05) is 11.8 Å². The van der Waals surface area contributed by atoms with Crippen LogP contribution in [0.25, 0.3) is 0 Å². The molecule has 0 aliphatic carbocycles. The molecule has 2 aromatic rings. The Balaban J connectivity index is 2.34. The van der Waals surface area contributed by atoms with Crippen LogP contribution in [0.3, 0.4) is 0 Å². The van der Waals surface area contributed by atoms with E-state index in [4.69, 9.17) is 4.74 Å². The Morgan fingerprint density at radius 1 is 1.38 bits per heavy atom. The molecule has 1 aromatic heterocycles. The van der Waals surface area contributed by atoms with Crippen LogP contribution in [-0.4, -0.2) is 33.9 Å². The highest BCUT2D eigenvalue weighted by atomic mass is 32.2. The van der Waals surface area contributed by atoms with Crippen molar-refractivity contribution < 1.29 is 14.6 Å². The second-order valence-corrected chi connectivity index (χ2v) is 4.78. The van der Waals surface area contributed by atoms with Gasteiger partial charge in [0.05, 0.1) is 6.61 Å². The molecule has 1 aromatic carbocycles. The quantitative estimate of drug-likeness (QED) is 0.380. The summed E-state index contributed by atoms with van der Waals surface area (Å²) in [5.74, 6) is 0.0589. The van der Waals surface area contributed by atoms with Gasteiger partial charge in [-0.3, -0.25) is 0 Å². The van der Waals surface area contributed by atoms with E-state index in [1.54, 1.807) is 31.2 Å². The SMILES string of the molecule is CCOC(=O)c1cnc(SC)nc1Nc1ccc(O)cc1. The molecule has 110 valence electrons. The van der Waals surface area contributed by atoms with Crippen LogP contribution in [-0.2, 0) is 4.74 Å². The van der Waals surface area contributed by atoms with Crippen LogP contribution >= 0.6 is 11.8 Å². The first-order valence-electron chi connectivity index (χ1n) is 6.28. The van der Waals surface area contributed by atoms with E-state index < -0.39 is 5.97 Å². The third-order valence-corrected chi connectivity index (χ3v) is 3.14. The lowest BCUT2D eigenvalue weighted by Gasteiger charge is -2.11. The Morgan fingerprint density at radius 3 is 2.71 bits per heavy atom. The number of nitrogens with one attached hydrogen (secondary N) is 1. The number of hydrogen-bond donors (Lipinski definition) is 2. The van der Waals surface area contributed by atoms with Crippen molar-refractivity contribution in [3.8, 4) is 5.75 Å². The van der Waals surface area contributed by atoms with Crippen molar-refractivity contribution in [1.82, 2.24) is 9.97 Å². The summed E-state index contributed by atoms with van der Waals surface area (Å²) in [5, 5.41) is 12.9. The van der Waals surface area contributed by atoms with E-state index in [0.717, 1.165) is 0 Å². The number of ether oxygens (including phenoxy) is 1. The second kappa shape index (κ2) is 6.94. The maximum Gasteiger partial charge on any atom is 0.343 e. The normalized spacial score (nSPS) is 10.2. The van der Waals surface area contributed by atoms with Crippen molar-refractivity contribution in [2.24, 2.45) is 0 Å². The summed E-state index contributed by atoms with van der Waals surface area (Å²) in [6.07, 6.45) is 3.29. The molecular weight excluding hydrogens is 290 g/mol. The van der Waals surface area contributed by atoms with Gasteiger partial charge in [0.25, 0.3) is 0 Å². The lowest BCUT2D eigenvalue weighted by atomic mass is 10.2. The van der Waals surface area contributed by atoms with Crippen LogP contribution in [0.2, 0.25) is 0 Å². The molecule has 0 amide bonds. The summed E-state index contributed by atoms with van der Waals surface area (Å²) in [5.41, 5.74) is 0.965. The molecule has 0 radical (unpaired) electrons. The van der Waals surface area contributed by atoms with Gasteiger partial charge in [0, 0.05) is 11.9 Å². The fraction of sp³-hybridized carbons (Fsp3) is 0.214. The smallest absolute Gasteiger partial charge is 0.343 e. The van der Waals surface area contributed by atoms with E-state index in [2.05, 4.69) is 15.3 Å². The van der Waals surface area contributed by atoms with Crippen molar-refractivity contribution in [3.63, 3.8) is 0 Å². The van der Waals surface area contributed by atoms with Crippen LogP contribution < -0.4 is 5.32 Å². The van der Waals surface area contributed by atoms with Crippen LogP contribution in [0, 0.1) is 0 Å². The Hall–Kier alpha value is -2.28. The number of esters is 1. The summed E-state index contributed by atoms with van der Waals surface area (Å²) in [6.45, 7) is 2.02. The van der Waals surface area contributed by atoms with E-state index >= 15 is 0 Å². The summed E-state index contributed by atoms with van der Waals surface area (Å²) in [6, 6.07) is 6.46. The van der Waals surface area contributed by atoms with Crippen LogP contribution in [0.5, 0.6) is 5.75 Å². The zero-order valence-electron chi connectivity index (χ0n) is 11.7. The minimum atomic E-state index is -0.480. The van der Waals surface area contributed by atoms with Gasteiger partial charge in [-0.05, 0) is 37.4 Å². The molecule has 0 saturated heterocycles. The highest BCUT2D eigenvalue weighted by Crippen LogP contribution is 2.23. The lowest BCUT2D eigenvalue weighted by Crippen LogP contribution is -2.10. The van der Waals surface area contributed by atoms with E-state index in [1.807, 2.05) is 6.26 Å². The first-order valence-corrected chi connectivity index (χ1v) is 7.50. The highest BCUT2D eigenvalue weighted by Gasteiger charge is 2.16. The fourth-order valence-corrected chi connectivity index (χ4v) is 1.94. The van der Waals surface area contributed by atoms with Gasteiger partial charge in [-0.15, -0.1) is 0 Å². The molecule has 7 heteroatoms. The molecule has 2 N–H and O–H groups in total. The van der Waals surface area contributed by atoms with Crippen molar-refractivity contribution in [3.05, 3.63) is 36.0 Å². The molecule has 0 aliphatic heterocycles. The molecule has 0 unspecified atom stereocenters. The highest BCUT2D eigenvalue weighted by molar-refractivity contribution is 7.98. The van der Waals surface area contributed by atoms with Gasteiger partial charge in [0.1, 0.15) is 17.1 Å². The predicted molar refractivity (Wildman–Crippen MR) is 81.2 cm³/mol. The maximum atomic E-state index is 11.9. The first-order chi connectivity index (χ1) is 10.1. The molecule has 0 atom stereocenters. The number of hydrogen-bond acceptors (Lipinski definition) is 7. The van der Waals surface area contributed by atoms with Crippen molar-refractivity contribution in [2.75, 3.05) is 18.2 Å². The number of aromatic nitrogens is 2. The molecule has 6 nitrogen and oxygen atoms in total. The Kier molecular flexibility index (Phi) is 4.99. The van der Waals surface area contributed by atoms with E-state index in [-0.39, 0.29) is 17.9 Å². The molecule has 0 bridgehead atoms. The second-order valence-electron chi connectivity index (χ2n) is 4.01. The van der Waals surface area contributed by atoms with Gasteiger partial charge in [-0.25, -0.2) is 14.8 Å². The first kappa shape index (κ1) is 15.1. The number of thioether (sulfide) groups is 1. The fourth-order valence-electron chi connectivity index (χ4n) is 1.60. The van der Waals surface area contributed by atoms with E-state index in [1.165, 1.54) is 18.0 Å². The maximum absolute atomic E-state index is 11.9. The van der Waals surface area contributed by atoms with Crippen LogP contribution in [0.4, 0.5) is 11.5 Å². The number of carbonyl (C=O) groups excluding carboxylic acids is 1. The molecular formula is C14H15N3O3S. The summed E-state index contributed by atoms with van der Waals surface area (Å²) < 4.78 is 4.99. The number of rotatable bonds is 5. The molecule has 1 heterocycles. The van der Waals surface area contributed by atoms with Crippen molar-refractivity contribution >= 4 is 29.2 Å². The number of aromatic hydroxyl groups is 1. The van der Waals surface area contributed by atoms with Gasteiger partial charge in [0.15, 0.2) is 5.16 Å². The number of nitrogens with zero attached hydrogens (tertiary/aromatic N) is 2. The van der Waals surface area contributed by atoms with E-state index in [9.17, 15) is 9.90 Å². The molecule has 0 saturated carbocycles. The third kappa shape index (κ3) is 3.85. The largest absolute Gasteiger partial charge is 0.508 e. The molecule has 0 fully saturated rings. The Morgan fingerprint density at radius 2 is 2.10 bits per heavy atom. The number of carbonyl (C=O) groups is 1. The monoisotopic (exact) mass is 305 g/mol. The zero-order chi connectivity index (χ0) is 15.2. The van der Waals surface area contributed by atoms with Crippen molar-refractivity contribution in [1.29, 1.82) is 0 Å². The number of benzene rings is 1. The average Bonchev–Trinajstić information content (AvgIpc) is 2.49. The average molecular weight is 305 g/mol. The summed E-state index contributed by atoms with van der Waals surface area (Å²) >= 11 is 1.38. The standard InChI is InChI=1S/C14H15N3O3S/c1-3-20-13(19)11-8-15-14(21-2)17-12(11)16-9-4-6-10(18)7-5-9/h4-8,18H,3H2,1-2H3,(H,15,16,17). The van der Waals surface area contributed by atoms with Crippen LogP contribution in [0.15, 0.2) is 35.6 Å². The minimum Gasteiger partial charge on any atom is -0.508 e. The minimum absolute atomic E-state index is 0.165. The molecule has 0 spiro atoms. The summed E-state index contributed by atoms with van der Waals surface area (Å²) in [7, 11) is 0. The lowest BCUT2D eigenvalue weighted by molar-refractivity contribution is 0.0526. The van der Waals surface area contributed by atoms with Crippen LogP contribution in [0.1, 0.15) is 17.3 Å². The molecule has 2 rings (SSSR count). The number of phenolic OH excluding ortho intramolecular Hbond substituents is 1. The molecule has 21 heavy (non-hydrogen) atoms. The molecule has 0 aliphatic rings. The summed E-state index contributed by atoms with van der Waals surface area (Å²) in [4.78, 5) is 20.3. The third-order valence-electron chi connectivity index (χ3n) is 2.57. The Bertz CT molecular complexity index is 632. The van der Waals surface area contributed by atoms with E-state index in [0.29, 0.717) is 16.7 Å². The van der Waals surface area contributed by atoms with Gasteiger partial charge in [-0.2, -0.15) is 0 Å². The van der Waals surface area contributed by atoms with Gasteiger partial charge in [0.2, 0.25) is 0 Å². The predicted octanol–water partition coefficient (Wildman–Crippen LogP) is 2.82. The number of anilines is 2.